The zero-order valence-corrected chi connectivity index (χ0v) is 19.1. The van der Waals surface area contributed by atoms with Crippen molar-refractivity contribution in [2.75, 3.05) is 25.5 Å². The smallest absolute Gasteiger partial charge is 0.349 e. The Bertz CT molecular complexity index is 845. The van der Waals surface area contributed by atoms with E-state index in [1.807, 2.05) is 18.2 Å². The third-order valence-electron chi connectivity index (χ3n) is 5.76. The maximum atomic E-state index is 13.5. The van der Waals surface area contributed by atoms with Crippen LogP contribution in [-0.4, -0.2) is 37.6 Å². The van der Waals surface area contributed by atoms with Crippen LogP contribution in [0.1, 0.15) is 57.8 Å². The van der Waals surface area contributed by atoms with Crippen molar-refractivity contribution in [3.63, 3.8) is 0 Å². The molecule has 1 amide bonds. The van der Waals surface area contributed by atoms with Crippen molar-refractivity contribution in [1.82, 2.24) is 4.90 Å². The predicted molar refractivity (Wildman–Crippen MR) is 121 cm³/mol. The zero-order valence-electron chi connectivity index (χ0n) is 18.3. The van der Waals surface area contributed by atoms with E-state index in [-0.39, 0.29) is 12.3 Å². The van der Waals surface area contributed by atoms with Gasteiger partial charge in [-0.15, -0.1) is 0 Å². The van der Waals surface area contributed by atoms with Crippen molar-refractivity contribution >= 4 is 23.4 Å². The number of halogens is 3. The summed E-state index contributed by atoms with van der Waals surface area (Å²) in [6.07, 6.45) is 3.79. The van der Waals surface area contributed by atoms with Crippen LogP contribution in [0, 0.1) is 0 Å². The van der Waals surface area contributed by atoms with E-state index in [0.717, 1.165) is 53.3 Å². The maximum Gasteiger partial charge on any atom is 0.412 e. The molecule has 0 saturated carbocycles. The Morgan fingerprint density at radius 1 is 1.06 bits per heavy atom. The molecule has 1 heterocycles. The number of carbonyl (C=O) groups is 1. The lowest BCUT2D eigenvalue weighted by atomic mass is 10.1. The monoisotopic (exact) mass is 452 g/mol. The first-order valence-electron chi connectivity index (χ1n) is 11.0. The van der Waals surface area contributed by atoms with Crippen LogP contribution in [-0.2, 0) is 4.79 Å². The SMILES string of the molecule is CN(C)C(=O)CCCCCCCN1C2=C(CCCC(C(F)(F)F)=C2)Sc2ccccc21. The highest BCUT2D eigenvalue weighted by molar-refractivity contribution is 8.03. The molecule has 0 radical (unpaired) electrons. The number of amides is 1. The Kier molecular flexibility index (Phi) is 8.14. The molecule has 3 nitrogen and oxygen atoms in total. The molecular formula is C24H31F3N2OS. The Morgan fingerprint density at radius 3 is 2.52 bits per heavy atom. The first kappa shape index (κ1) is 23.8. The average molecular weight is 453 g/mol. The normalized spacial score (nSPS) is 16.4. The van der Waals surface area contributed by atoms with E-state index >= 15 is 0 Å². The topological polar surface area (TPSA) is 23.6 Å². The van der Waals surface area contributed by atoms with Crippen molar-refractivity contribution in [2.45, 2.75) is 68.9 Å². The molecule has 0 unspecified atom stereocenters. The number of hydrogen-bond acceptors (Lipinski definition) is 3. The minimum absolute atomic E-state index is 0.0763. The number of thioether (sulfide) groups is 1. The largest absolute Gasteiger partial charge is 0.412 e. The first-order valence-corrected chi connectivity index (χ1v) is 11.8. The van der Waals surface area contributed by atoms with E-state index in [9.17, 15) is 18.0 Å². The molecule has 0 atom stereocenters. The van der Waals surface area contributed by atoms with Gasteiger partial charge in [0.1, 0.15) is 0 Å². The van der Waals surface area contributed by atoms with Crippen molar-refractivity contribution in [1.29, 1.82) is 0 Å². The summed E-state index contributed by atoms with van der Waals surface area (Å²) in [5, 5.41) is 0. The van der Waals surface area contributed by atoms with Gasteiger partial charge in [0.25, 0.3) is 0 Å². The number of allylic oxidation sites excluding steroid dienone is 3. The molecule has 2 aliphatic rings. The van der Waals surface area contributed by atoms with Gasteiger partial charge in [0.05, 0.1) is 11.4 Å². The molecule has 0 spiro atoms. The summed E-state index contributed by atoms with van der Waals surface area (Å²) in [6, 6.07) is 7.99. The summed E-state index contributed by atoms with van der Waals surface area (Å²) in [4.78, 5) is 17.5. The van der Waals surface area contributed by atoms with Gasteiger partial charge in [-0.25, -0.2) is 0 Å². The number of nitrogens with zero attached hydrogens (tertiary/aromatic N) is 2. The summed E-state index contributed by atoms with van der Waals surface area (Å²) in [5.41, 5.74) is 1.31. The van der Waals surface area contributed by atoms with Crippen molar-refractivity contribution < 1.29 is 18.0 Å². The third kappa shape index (κ3) is 6.31. The highest BCUT2D eigenvalue weighted by atomic mass is 32.2. The second-order valence-electron chi connectivity index (χ2n) is 8.36. The van der Waals surface area contributed by atoms with Gasteiger partial charge in [0.15, 0.2) is 0 Å². The van der Waals surface area contributed by atoms with E-state index in [1.54, 1.807) is 30.8 Å². The first-order chi connectivity index (χ1) is 14.8. The molecule has 170 valence electrons. The van der Waals surface area contributed by atoms with Crippen LogP contribution in [0.2, 0.25) is 0 Å². The fourth-order valence-electron chi connectivity index (χ4n) is 4.01. The number of alkyl halides is 3. The Morgan fingerprint density at radius 2 is 1.77 bits per heavy atom. The van der Waals surface area contributed by atoms with Crippen LogP contribution in [0.15, 0.2) is 51.4 Å². The Hall–Kier alpha value is -1.89. The van der Waals surface area contributed by atoms with Crippen LogP contribution in [0.5, 0.6) is 0 Å². The van der Waals surface area contributed by atoms with Gasteiger partial charge >= 0.3 is 6.18 Å². The number of unbranched alkanes of at least 4 members (excludes halogenated alkanes) is 4. The number of benzene rings is 1. The number of para-hydroxylation sites is 1. The van der Waals surface area contributed by atoms with Gasteiger partial charge < -0.3 is 9.80 Å². The maximum absolute atomic E-state index is 13.5. The Balaban J connectivity index is 1.65. The molecule has 1 aliphatic heterocycles. The van der Waals surface area contributed by atoms with Crippen LogP contribution < -0.4 is 4.90 Å². The second-order valence-corrected chi connectivity index (χ2v) is 9.49. The van der Waals surface area contributed by atoms with Crippen LogP contribution >= 0.6 is 11.8 Å². The van der Waals surface area contributed by atoms with Crippen LogP contribution in [0.3, 0.4) is 0 Å². The fourth-order valence-corrected chi connectivity index (χ4v) is 5.23. The molecule has 1 aromatic rings. The minimum Gasteiger partial charge on any atom is -0.349 e. The van der Waals surface area contributed by atoms with Crippen molar-refractivity contribution in [3.8, 4) is 0 Å². The molecule has 0 saturated heterocycles. The molecule has 7 heteroatoms. The van der Waals surface area contributed by atoms with E-state index < -0.39 is 11.7 Å². The Labute approximate surface area is 187 Å². The molecule has 0 bridgehead atoms. The molecular weight excluding hydrogens is 421 g/mol. The van der Waals surface area contributed by atoms with Crippen molar-refractivity contribution in [2.24, 2.45) is 0 Å². The second kappa shape index (κ2) is 10.6. The molecule has 0 aromatic heterocycles. The summed E-state index contributed by atoms with van der Waals surface area (Å²) in [5.74, 6) is 0.155. The number of fused-ring (bicyclic) bond motifs is 1. The highest BCUT2D eigenvalue weighted by Gasteiger charge is 2.36. The quantitative estimate of drug-likeness (QED) is 0.400. The van der Waals surface area contributed by atoms with Gasteiger partial charge in [-0.1, -0.05) is 43.2 Å². The highest BCUT2D eigenvalue weighted by Crippen LogP contribution is 2.48. The lowest BCUT2D eigenvalue weighted by molar-refractivity contribution is -0.128. The van der Waals surface area contributed by atoms with Gasteiger partial charge in [0.2, 0.25) is 5.91 Å². The van der Waals surface area contributed by atoms with Crippen LogP contribution in [0.25, 0.3) is 0 Å². The number of rotatable bonds is 8. The molecule has 0 fully saturated rings. The number of hydrogen-bond donors (Lipinski definition) is 0. The summed E-state index contributed by atoms with van der Waals surface area (Å²) < 4.78 is 40.5. The predicted octanol–water partition coefficient (Wildman–Crippen LogP) is 6.91. The molecule has 1 aromatic carbocycles. The minimum atomic E-state index is -4.28. The van der Waals surface area contributed by atoms with Gasteiger partial charge in [-0.05, 0) is 50.3 Å². The molecule has 1 aliphatic carbocycles. The average Bonchev–Trinajstić information content (AvgIpc) is 2.94. The molecule has 31 heavy (non-hydrogen) atoms. The standard InChI is InChI=1S/C24H31F3N2OS/c1-28(2)23(30)15-6-4-3-5-9-16-29-19-12-7-8-13-21(19)31-22-14-10-11-18(17-20(22)29)24(25,26)27/h7-8,12-13,17H,3-6,9-11,14-16H2,1-2H3. The summed E-state index contributed by atoms with van der Waals surface area (Å²) in [6.45, 7) is 0.703. The lowest BCUT2D eigenvalue weighted by Crippen LogP contribution is -2.27. The zero-order chi connectivity index (χ0) is 22.4. The van der Waals surface area contributed by atoms with Gasteiger partial charge in [-0.3, -0.25) is 4.79 Å². The molecule has 3 rings (SSSR count). The van der Waals surface area contributed by atoms with E-state index in [2.05, 4.69) is 11.0 Å². The lowest BCUT2D eigenvalue weighted by Gasteiger charge is -2.34. The fraction of sp³-hybridized carbons (Fsp3) is 0.542. The van der Waals surface area contributed by atoms with E-state index in [1.165, 1.54) is 6.08 Å². The third-order valence-corrected chi connectivity index (χ3v) is 6.99. The van der Waals surface area contributed by atoms with E-state index in [4.69, 9.17) is 0 Å². The number of anilines is 1. The van der Waals surface area contributed by atoms with E-state index in [0.29, 0.717) is 25.8 Å². The molecule has 0 N–H and O–H groups in total. The van der Waals surface area contributed by atoms with Crippen LogP contribution in [0.4, 0.5) is 18.9 Å². The van der Waals surface area contributed by atoms with Gasteiger partial charge in [0, 0.05) is 42.4 Å². The van der Waals surface area contributed by atoms with Crippen molar-refractivity contribution in [3.05, 3.63) is 46.5 Å². The summed E-state index contributed by atoms with van der Waals surface area (Å²) >= 11 is 1.62. The van der Waals surface area contributed by atoms with Gasteiger partial charge in [-0.2, -0.15) is 13.2 Å². The number of carbonyl (C=O) groups excluding carboxylic acids is 1. The summed E-state index contributed by atoms with van der Waals surface area (Å²) in [7, 11) is 3.54.